The maximum Gasteiger partial charge on any atom is 0.335 e. The zero-order valence-corrected chi connectivity index (χ0v) is 14.0. The number of carboxylic acid groups (broad SMARTS) is 1. The molecule has 0 heterocycles. The van der Waals surface area contributed by atoms with Gasteiger partial charge in [0.2, 0.25) is 5.78 Å². The normalized spacial score (nSPS) is 12.3. The minimum atomic E-state index is -1.01. The van der Waals surface area contributed by atoms with Crippen LogP contribution in [-0.4, -0.2) is 27.1 Å². The largest absolute Gasteiger partial charge is 0.507 e. The highest BCUT2D eigenvalue weighted by molar-refractivity contribution is 6.22. The Kier molecular flexibility index (Phi) is 3.78. The molecule has 1 aliphatic carbocycles. The van der Waals surface area contributed by atoms with Crippen molar-refractivity contribution in [3.05, 3.63) is 94.0 Å². The van der Waals surface area contributed by atoms with Crippen molar-refractivity contribution in [3.8, 4) is 11.5 Å². The van der Waals surface area contributed by atoms with Crippen LogP contribution in [0, 0.1) is 0 Å². The van der Waals surface area contributed by atoms with E-state index in [0.29, 0.717) is 16.7 Å². The van der Waals surface area contributed by atoms with Gasteiger partial charge in [0, 0.05) is 0 Å². The Morgan fingerprint density at radius 3 is 1.78 bits per heavy atom. The number of aromatic hydroxyl groups is 2. The smallest absolute Gasteiger partial charge is 0.335 e. The molecule has 27 heavy (non-hydrogen) atoms. The fourth-order valence-corrected chi connectivity index (χ4v) is 3.32. The number of rotatable bonds is 2. The quantitative estimate of drug-likeness (QED) is 0.505. The second kappa shape index (κ2) is 6.14. The number of carbonyl (C=O) groups is 2. The Balaban J connectivity index is 1.97. The van der Waals surface area contributed by atoms with E-state index >= 15 is 0 Å². The van der Waals surface area contributed by atoms with Crippen molar-refractivity contribution in [3.63, 3.8) is 0 Å². The van der Waals surface area contributed by atoms with Gasteiger partial charge in [0.05, 0.1) is 16.7 Å². The Bertz CT molecular complexity index is 1070. The molecular formula is C22H14O5. The Morgan fingerprint density at radius 1 is 0.778 bits per heavy atom. The van der Waals surface area contributed by atoms with Crippen molar-refractivity contribution in [1.29, 1.82) is 0 Å². The first kappa shape index (κ1) is 16.6. The predicted octanol–water partition coefficient (Wildman–Crippen LogP) is 3.93. The SMILES string of the molecule is O=C(O)c1ccc(C=C2c3cccc(O)c3C(=O)c3c(O)cccc32)cc1. The summed E-state index contributed by atoms with van der Waals surface area (Å²) in [5.41, 5.74) is 2.95. The molecule has 4 rings (SSSR count). The van der Waals surface area contributed by atoms with Gasteiger partial charge in [0.1, 0.15) is 11.5 Å². The molecule has 0 aliphatic heterocycles. The van der Waals surface area contributed by atoms with E-state index in [1.807, 2.05) is 0 Å². The molecule has 0 amide bonds. The van der Waals surface area contributed by atoms with Crippen molar-refractivity contribution in [2.75, 3.05) is 0 Å². The van der Waals surface area contributed by atoms with Gasteiger partial charge in [0.25, 0.3) is 0 Å². The summed E-state index contributed by atoms with van der Waals surface area (Å²) in [6.45, 7) is 0. The third-order valence-corrected chi connectivity index (χ3v) is 4.59. The van der Waals surface area contributed by atoms with Gasteiger partial charge in [-0.05, 0) is 52.6 Å². The molecular weight excluding hydrogens is 344 g/mol. The molecule has 5 nitrogen and oxygen atoms in total. The molecule has 3 aromatic carbocycles. The van der Waals surface area contributed by atoms with E-state index in [1.54, 1.807) is 42.5 Å². The lowest BCUT2D eigenvalue weighted by molar-refractivity contribution is 0.0696. The Morgan fingerprint density at radius 2 is 1.30 bits per heavy atom. The van der Waals surface area contributed by atoms with Gasteiger partial charge in [-0.25, -0.2) is 4.79 Å². The van der Waals surface area contributed by atoms with Crippen LogP contribution in [0.4, 0.5) is 0 Å². The standard InChI is InChI=1S/C22H14O5/c23-17-5-1-3-14-16(11-12-7-9-13(10-8-12)22(26)27)15-4-2-6-18(24)20(15)21(25)19(14)17/h1-11,23-24H,(H,26,27). The lowest BCUT2D eigenvalue weighted by Gasteiger charge is -2.23. The summed E-state index contributed by atoms with van der Waals surface area (Å²) in [7, 11) is 0. The Labute approximate surface area is 154 Å². The van der Waals surface area contributed by atoms with Gasteiger partial charge >= 0.3 is 5.97 Å². The predicted molar refractivity (Wildman–Crippen MR) is 100 cm³/mol. The van der Waals surface area contributed by atoms with Gasteiger partial charge < -0.3 is 15.3 Å². The van der Waals surface area contributed by atoms with Gasteiger partial charge in [0.15, 0.2) is 0 Å². The van der Waals surface area contributed by atoms with Crippen molar-refractivity contribution >= 4 is 23.4 Å². The van der Waals surface area contributed by atoms with Crippen molar-refractivity contribution < 1.29 is 24.9 Å². The topological polar surface area (TPSA) is 94.8 Å². The number of benzene rings is 3. The molecule has 0 atom stereocenters. The number of carbonyl (C=O) groups excluding carboxylic acids is 1. The van der Waals surface area contributed by atoms with E-state index in [-0.39, 0.29) is 28.2 Å². The van der Waals surface area contributed by atoms with Crippen LogP contribution in [0.2, 0.25) is 0 Å². The lowest BCUT2D eigenvalue weighted by Crippen LogP contribution is -2.14. The molecule has 0 unspecified atom stereocenters. The summed E-state index contributed by atoms with van der Waals surface area (Å²) >= 11 is 0. The minimum Gasteiger partial charge on any atom is -0.507 e. The van der Waals surface area contributed by atoms with E-state index in [9.17, 15) is 19.8 Å². The van der Waals surface area contributed by atoms with E-state index in [1.165, 1.54) is 24.3 Å². The van der Waals surface area contributed by atoms with Crippen LogP contribution in [0.5, 0.6) is 11.5 Å². The number of aromatic carboxylic acids is 1. The maximum atomic E-state index is 12.9. The zero-order chi connectivity index (χ0) is 19.1. The van der Waals surface area contributed by atoms with Crippen molar-refractivity contribution in [1.82, 2.24) is 0 Å². The molecule has 3 aromatic rings. The van der Waals surface area contributed by atoms with Crippen LogP contribution < -0.4 is 0 Å². The first-order valence-electron chi connectivity index (χ1n) is 8.22. The molecule has 0 saturated carbocycles. The highest BCUT2D eigenvalue weighted by Crippen LogP contribution is 2.43. The van der Waals surface area contributed by atoms with Crippen LogP contribution >= 0.6 is 0 Å². The van der Waals surface area contributed by atoms with E-state index in [4.69, 9.17) is 5.11 Å². The zero-order valence-electron chi connectivity index (χ0n) is 14.0. The summed E-state index contributed by atoms with van der Waals surface area (Å²) in [5, 5.41) is 29.5. The third kappa shape index (κ3) is 2.66. The molecule has 0 radical (unpaired) electrons. The minimum absolute atomic E-state index is 0.139. The van der Waals surface area contributed by atoms with Crippen LogP contribution in [0.1, 0.15) is 43.0 Å². The van der Waals surface area contributed by atoms with Crippen LogP contribution in [0.15, 0.2) is 60.7 Å². The van der Waals surface area contributed by atoms with Crippen LogP contribution in [0.25, 0.3) is 11.6 Å². The summed E-state index contributed by atoms with van der Waals surface area (Å²) in [6, 6.07) is 15.9. The molecule has 132 valence electrons. The van der Waals surface area contributed by atoms with Crippen molar-refractivity contribution in [2.24, 2.45) is 0 Å². The van der Waals surface area contributed by atoms with Gasteiger partial charge in [-0.2, -0.15) is 0 Å². The van der Waals surface area contributed by atoms with E-state index in [0.717, 1.165) is 5.56 Å². The fraction of sp³-hybridized carbons (Fsp3) is 0. The molecule has 0 fully saturated rings. The average Bonchev–Trinajstić information content (AvgIpc) is 2.65. The third-order valence-electron chi connectivity index (χ3n) is 4.59. The number of phenols is 2. The first-order valence-corrected chi connectivity index (χ1v) is 8.22. The molecule has 0 aromatic heterocycles. The van der Waals surface area contributed by atoms with Crippen LogP contribution in [0.3, 0.4) is 0 Å². The average molecular weight is 358 g/mol. The highest BCUT2D eigenvalue weighted by atomic mass is 16.4. The number of phenolic OH excluding ortho intramolecular Hbond substituents is 2. The van der Waals surface area contributed by atoms with Gasteiger partial charge in [-0.1, -0.05) is 36.4 Å². The lowest BCUT2D eigenvalue weighted by atomic mass is 9.80. The van der Waals surface area contributed by atoms with E-state index < -0.39 is 11.8 Å². The van der Waals surface area contributed by atoms with E-state index in [2.05, 4.69) is 0 Å². The van der Waals surface area contributed by atoms with Gasteiger partial charge in [-0.15, -0.1) is 0 Å². The number of fused-ring (bicyclic) bond motifs is 2. The molecule has 0 bridgehead atoms. The second-order valence-corrected chi connectivity index (χ2v) is 6.21. The number of hydrogen-bond donors (Lipinski definition) is 3. The highest BCUT2D eigenvalue weighted by Gasteiger charge is 2.31. The van der Waals surface area contributed by atoms with Crippen molar-refractivity contribution in [2.45, 2.75) is 0 Å². The monoisotopic (exact) mass is 358 g/mol. The number of ketones is 1. The number of carboxylic acids is 1. The van der Waals surface area contributed by atoms with Crippen LogP contribution in [-0.2, 0) is 0 Å². The molecule has 5 heteroatoms. The maximum absolute atomic E-state index is 12.9. The molecule has 0 spiro atoms. The number of hydrogen-bond acceptors (Lipinski definition) is 4. The molecule has 0 saturated heterocycles. The second-order valence-electron chi connectivity index (χ2n) is 6.21. The first-order chi connectivity index (χ1) is 13.0. The summed E-state index contributed by atoms with van der Waals surface area (Å²) in [5.74, 6) is -1.75. The van der Waals surface area contributed by atoms with Gasteiger partial charge in [-0.3, -0.25) is 4.79 Å². The molecule has 3 N–H and O–H groups in total. The summed E-state index contributed by atoms with van der Waals surface area (Å²) in [6.07, 6.45) is 1.80. The Hall–Kier alpha value is -3.86. The summed E-state index contributed by atoms with van der Waals surface area (Å²) in [4.78, 5) is 23.9. The molecule has 1 aliphatic rings. The summed E-state index contributed by atoms with van der Waals surface area (Å²) < 4.78 is 0. The fourth-order valence-electron chi connectivity index (χ4n) is 3.32.